The van der Waals surface area contributed by atoms with Crippen molar-refractivity contribution in [3.8, 4) is 0 Å². The Bertz CT molecular complexity index is 348. The van der Waals surface area contributed by atoms with Gasteiger partial charge in [-0.25, -0.2) is 0 Å². The van der Waals surface area contributed by atoms with Crippen LogP contribution in [-0.4, -0.2) is 48.3 Å². The van der Waals surface area contributed by atoms with Crippen molar-refractivity contribution < 1.29 is 0 Å². The molecule has 1 aromatic rings. The summed E-state index contributed by atoms with van der Waals surface area (Å²) in [5, 5.41) is 1.59. The van der Waals surface area contributed by atoms with Crippen LogP contribution >= 0.6 is 30.5 Å². The molecule has 1 rings (SSSR count). The molecule has 2 N–H and O–H groups in total. The molecule has 120 valence electrons. The van der Waals surface area contributed by atoms with E-state index in [1.165, 1.54) is 42.6 Å². The average molecular weight is 420 g/mol. The summed E-state index contributed by atoms with van der Waals surface area (Å²) in [5.41, 5.74) is 5.56. The third kappa shape index (κ3) is 9.12. The van der Waals surface area contributed by atoms with Crippen molar-refractivity contribution in [2.45, 2.75) is 25.7 Å². The molecule has 0 spiro atoms. The predicted molar refractivity (Wildman–Crippen MR) is 107 cm³/mol. The number of nitrogens with zero attached hydrogens (tertiary/aromatic N) is 1. The number of alkyl halides is 1. The lowest BCUT2D eigenvalue weighted by Gasteiger charge is -2.19. The highest BCUT2D eigenvalue weighted by atomic mass is 127. The molecule has 2 nitrogen and oxygen atoms in total. The first kappa shape index (κ1) is 19.3. The highest BCUT2D eigenvalue weighted by Gasteiger charge is 2.10. The molecular formula is C17H30IN2P. The molecule has 4 heteroatoms. The molecule has 0 bridgehead atoms. The fourth-order valence-electron chi connectivity index (χ4n) is 2.42. The topological polar surface area (TPSA) is 29.3 Å². The molecule has 1 aromatic carbocycles. The van der Waals surface area contributed by atoms with Crippen LogP contribution in [0.25, 0.3) is 0 Å². The highest BCUT2D eigenvalue weighted by molar-refractivity contribution is 14.1. The molecule has 0 fully saturated rings. The van der Waals surface area contributed by atoms with Crippen LogP contribution in [0.15, 0.2) is 30.3 Å². The molecule has 0 saturated carbocycles. The van der Waals surface area contributed by atoms with Gasteiger partial charge < -0.3 is 10.6 Å². The van der Waals surface area contributed by atoms with E-state index in [1.807, 2.05) is 0 Å². The first-order chi connectivity index (χ1) is 10.3. The Balaban J connectivity index is 2.30. The second-order valence-electron chi connectivity index (χ2n) is 5.52. The number of hydrogen-bond acceptors (Lipinski definition) is 2. The van der Waals surface area contributed by atoms with E-state index in [4.69, 9.17) is 5.73 Å². The molecule has 0 heterocycles. The fourth-order valence-corrected chi connectivity index (χ4v) is 5.88. The first-order valence-electron chi connectivity index (χ1n) is 8.02. The van der Waals surface area contributed by atoms with Crippen LogP contribution in [0.2, 0.25) is 0 Å². The maximum absolute atomic E-state index is 5.56. The summed E-state index contributed by atoms with van der Waals surface area (Å²) in [6.07, 6.45) is 7.93. The normalized spacial score (nSPS) is 12.8. The molecular weight excluding hydrogens is 390 g/mol. The van der Waals surface area contributed by atoms with Crippen LogP contribution in [-0.2, 0) is 0 Å². The summed E-state index contributed by atoms with van der Waals surface area (Å²) in [7, 11) is 2.27. The second-order valence-corrected chi connectivity index (χ2v) is 9.09. The van der Waals surface area contributed by atoms with Gasteiger partial charge in [0.15, 0.2) is 0 Å². The van der Waals surface area contributed by atoms with Crippen LogP contribution in [0.4, 0.5) is 0 Å². The molecule has 21 heavy (non-hydrogen) atoms. The molecule has 0 aromatic heterocycles. The Morgan fingerprint density at radius 3 is 2.33 bits per heavy atom. The van der Waals surface area contributed by atoms with Crippen LogP contribution in [0.3, 0.4) is 0 Å². The third-order valence-corrected chi connectivity index (χ3v) is 7.15. The molecule has 1 unspecified atom stereocenters. The van der Waals surface area contributed by atoms with Crippen molar-refractivity contribution in [2.24, 2.45) is 5.73 Å². The van der Waals surface area contributed by atoms with Crippen molar-refractivity contribution in [3.05, 3.63) is 30.3 Å². The van der Waals surface area contributed by atoms with Crippen molar-refractivity contribution in [3.63, 3.8) is 0 Å². The fraction of sp³-hybridized carbons (Fsp3) is 0.647. The lowest BCUT2D eigenvalue weighted by atomic mass is 10.3. The van der Waals surface area contributed by atoms with Crippen molar-refractivity contribution in [1.29, 1.82) is 0 Å². The Morgan fingerprint density at radius 1 is 1.00 bits per heavy atom. The highest BCUT2D eigenvalue weighted by Crippen LogP contribution is 2.36. The molecule has 0 radical (unpaired) electrons. The van der Waals surface area contributed by atoms with Crippen LogP contribution < -0.4 is 11.0 Å². The van der Waals surface area contributed by atoms with Gasteiger partial charge in [0.05, 0.1) is 0 Å². The summed E-state index contributed by atoms with van der Waals surface area (Å²) >= 11 is 2.50. The summed E-state index contributed by atoms with van der Waals surface area (Å²) in [4.78, 5) is 2.42. The van der Waals surface area contributed by atoms with E-state index in [1.54, 1.807) is 5.30 Å². The van der Waals surface area contributed by atoms with Crippen LogP contribution in [0.5, 0.6) is 0 Å². The number of rotatable bonds is 12. The van der Waals surface area contributed by atoms with E-state index >= 15 is 0 Å². The van der Waals surface area contributed by atoms with Gasteiger partial charge in [0, 0.05) is 0 Å². The SMILES string of the molecule is CN(CCCN)CCCCP(CCCI)c1ccccc1. The first-order valence-corrected chi connectivity index (χ1v) is 11.3. The Hall–Kier alpha value is 0.300. The quantitative estimate of drug-likeness (QED) is 0.242. The van der Waals surface area contributed by atoms with E-state index in [0.29, 0.717) is 0 Å². The van der Waals surface area contributed by atoms with Gasteiger partial charge in [-0.05, 0) is 74.4 Å². The second kappa shape index (κ2) is 12.8. The zero-order chi connectivity index (χ0) is 15.3. The Labute approximate surface area is 145 Å². The number of halogens is 1. The number of unbranched alkanes of at least 4 members (excludes halogenated alkanes) is 1. The van der Waals surface area contributed by atoms with Crippen molar-refractivity contribution in [1.82, 2.24) is 4.90 Å². The Morgan fingerprint density at radius 2 is 1.67 bits per heavy atom. The molecule has 0 aliphatic rings. The molecule has 0 amide bonds. The number of benzene rings is 1. The molecule has 0 aliphatic carbocycles. The molecule has 0 aliphatic heterocycles. The van der Waals surface area contributed by atoms with Gasteiger partial charge in [-0.3, -0.25) is 0 Å². The van der Waals surface area contributed by atoms with Gasteiger partial charge in [-0.2, -0.15) is 0 Å². The number of hydrogen-bond donors (Lipinski definition) is 1. The van der Waals surface area contributed by atoms with Crippen molar-refractivity contribution in [2.75, 3.05) is 43.4 Å². The maximum Gasteiger partial charge on any atom is -0.000127 e. The maximum atomic E-state index is 5.56. The predicted octanol–water partition coefficient (Wildman–Crippen LogP) is 3.68. The van der Waals surface area contributed by atoms with Gasteiger partial charge in [0.2, 0.25) is 0 Å². The van der Waals surface area contributed by atoms with Gasteiger partial charge in [0.1, 0.15) is 0 Å². The summed E-state index contributed by atoms with van der Waals surface area (Å²) in [6, 6.07) is 11.2. The van der Waals surface area contributed by atoms with Gasteiger partial charge in [-0.1, -0.05) is 60.8 Å². The monoisotopic (exact) mass is 420 g/mol. The number of nitrogens with two attached hydrogens (primary N) is 1. The van der Waals surface area contributed by atoms with E-state index < -0.39 is 0 Å². The minimum absolute atomic E-state index is 0.0532. The van der Waals surface area contributed by atoms with E-state index in [9.17, 15) is 0 Å². The third-order valence-electron chi connectivity index (χ3n) is 3.64. The summed E-state index contributed by atoms with van der Waals surface area (Å²) in [5.74, 6) is 0. The standard InChI is InChI=1S/C17H30IN2P/c1-20(14-8-12-19)13-5-6-15-21(16-7-11-18)17-9-3-2-4-10-17/h2-4,9-10H,5-8,11-16,19H2,1H3. The molecule has 0 saturated heterocycles. The molecule has 1 atom stereocenters. The lowest BCUT2D eigenvalue weighted by molar-refractivity contribution is 0.326. The minimum Gasteiger partial charge on any atom is -0.330 e. The van der Waals surface area contributed by atoms with Crippen LogP contribution in [0.1, 0.15) is 25.7 Å². The van der Waals surface area contributed by atoms with Gasteiger partial charge in [-0.15, -0.1) is 0 Å². The largest absolute Gasteiger partial charge is 0.330 e. The summed E-state index contributed by atoms with van der Waals surface area (Å²) in [6.45, 7) is 3.16. The van der Waals surface area contributed by atoms with Gasteiger partial charge >= 0.3 is 0 Å². The summed E-state index contributed by atoms with van der Waals surface area (Å²) < 4.78 is 1.28. The smallest absolute Gasteiger partial charge is 0.000127 e. The van der Waals surface area contributed by atoms with Gasteiger partial charge in [0.25, 0.3) is 0 Å². The Kier molecular flexibility index (Phi) is 11.8. The minimum atomic E-state index is 0.0532. The lowest BCUT2D eigenvalue weighted by Crippen LogP contribution is -2.23. The zero-order valence-electron chi connectivity index (χ0n) is 13.3. The van der Waals surface area contributed by atoms with E-state index in [2.05, 4.69) is 64.9 Å². The van der Waals surface area contributed by atoms with E-state index in [-0.39, 0.29) is 7.92 Å². The van der Waals surface area contributed by atoms with E-state index in [0.717, 1.165) is 19.5 Å². The van der Waals surface area contributed by atoms with Crippen LogP contribution in [0, 0.1) is 0 Å². The average Bonchev–Trinajstić information content (AvgIpc) is 2.53. The van der Waals surface area contributed by atoms with Crippen molar-refractivity contribution >= 4 is 35.8 Å². The zero-order valence-corrected chi connectivity index (χ0v) is 16.4.